The molecule has 0 fully saturated rings. The van der Waals surface area contributed by atoms with Crippen LogP contribution in [0.1, 0.15) is 33.1 Å². The van der Waals surface area contributed by atoms with Crippen molar-refractivity contribution >= 4 is 19.4 Å². The van der Waals surface area contributed by atoms with E-state index < -0.39 is 0 Å². The van der Waals surface area contributed by atoms with Crippen molar-refractivity contribution in [2.45, 2.75) is 33.1 Å². The Morgan fingerprint density at radius 2 is 2.25 bits per heavy atom. The van der Waals surface area contributed by atoms with Crippen LogP contribution in [0.4, 0.5) is 0 Å². The van der Waals surface area contributed by atoms with Gasteiger partial charge in [-0.25, -0.2) is 0 Å². The van der Waals surface area contributed by atoms with Crippen molar-refractivity contribution in [2.24, 2.45) is 0 Å². The zero-order chi connectivity index (χ0) is 6.41. The molecular weight excluding hydrogens is 115 g/mol. The third-order valence-corrected chi connectivity index (χ3v) is 1.93. The summed E-state index contributed by atoms with van der Waals surface area (Å²) >= 11 is 0. The van der Waals surface area contributed by atoms with E-state index in [-0.39, 0.29) is 0 Å². The van der Waals surface area contributed by atoms with E-state index in [1.807, 2.05) is 0 Å². The third-order valence-electron chi connectivity index (χ3n) is 1.16. The summed E-state index contributed by atoms with van der Waals surface area (Å²) in [5.74, 6) is 0. The number of hydrogen-bond acceptors (Lipinski definition) is 0. The molecule has 0 aliphatic heterocycles. The van der Waals surface area contributed by atoms with Gasteiger partial charge in [0, 0.05) is 0 Å². The first-order valence-corrected chi connectivity index (χ1v) is 4.18. The number of unbranched alkanes of at least 4 members (excludes halogenated alkanes) is 1. The molecule has 0 rings (SSSR count). The molecule has 0 atom stereocenters. The fraction of sp³-hybridized carbons (Fsp3) is 0.714. The van der Waals surface area contributed by atoms with E-state index in [9.17, 15) is 0 Å². The van der Waals surface area contributed by atoms with Gasteiger partial charge in [0.1, 0.15) is 0 Å². The van der Waals surface area contributed by atoms with Crippen LogP contribution < -0.4 is 0 Å². The van der Waals surface area contributed by atoms with Gasteiger partial charge in [-0.2, -0.15) is 0 Å². The molecule has 0 N–H and O–H groups in total. The Bertz CT molecular complexity index is 99.0. The zero-order valence-corrected chi connectivity index (χ0v) is 6.67. The molecule has 1 heteroatoms. The van der Waals surface area contributed by atoms with E-state index >= 15 is 0 Å². The molecule has 0 amide bonds. The van der Waals surface area contributed by atoms with Crippen molar-refractivity contribution in [3.63, 3.8) is 0 Å². The first-order chi connectivity index (χ1) is 3.81. The maximum atomic E-state index is 3.77. The van der Waals surface area contributed by atoms with Gasteiger partial charge in [-0.1, -0.05) is 0 Å². The molecule has 0 heterocycles. The monoisotopic (exact) mass is 129 g/mol. The van der Waals surface area contributed by atoms with Gasteiger partial charge in [-0.15, -0.1) is 0 Å². The average Bonchev–Trinajstić information content (AvgIpc) is 1.83. The summed E-state index contributed by atoms with van der Waals surface area (Å²) < 4.78 is 0. The van der Waals surface area contributed by atoms with Gasteiger partial charge in [-0.05, 0) is 0 Å². The summed E-state index contributed by atoms with van der Waals surface area (Å²) in [4.78, 5) is 0. The van der Waals surface area contributed by atoms with Crippen LogP contribution in [0.15, 0.2) is 0 Å². The van der Waals surface area contributed by atoms with Crippen LogP contribution in [0, 0.1) is 0 Å². The van der Waals surface area contributed by atoms with Gasteiger partial charge in [0.2, 0.25) is 0 Å². The third kappa shape index (κ3) is 4.33. The Balaban J connectivity index is 3.26. The fourth-order valence-corrected chi connectivity index (χ4v) is 0.828. The van der Waals surface area contributed by atoms with E-state index in [1.54, 1.807) is 0 Å². The van der Waals surface area contributed by atoms with Crippen LogP contribution >= 0.6 is 7.83 Å². The number of rotatable bonds is 3. The van der Waals surface area contributed by atoms with E-state index in [2.05, 4.69) is 20.1 Å². The zero-order valence-electron chi connectivity index (χ0n) is 5.78. The van der Waals surface area contributed by atoms with E-state index in [4.69, 9.17) is 0 Å². The molecule has 0 aromatic rings. The van der Waals surface area contributed by atoms with Crippen molar-refractivity contribution in [2.75, 3.05) is 0 Å². The second kappa shape index (κ2) is 5.31. The van der Waals surface area contributed by atoms with E-state index in [0.29, 0.717) is 0 Å². The van der Waals surface area contributed by atoms with Crippen molar-refractivity contribution in [3.8, 4) is 0 Å². The second-order valence-electron chi connectivity index (χ2n) is 2.00. The molecule has 0 aliphatic rings. The van der Waals surface area contributed by atoms with Crippen molar-refractivity contribution < 1.29 is 0 Å². The first-order valence-electron chi connectivity index (χ1n) is 3.10. The normalized spacial score (nSPS) is 8.75. The van der Waals surface area contributed by atoms with Gasteiger partial charge >= 0.3 is 52.5 Å². The van der Waals surface area contributed by atoms with Crippen LogP contribution in [0.5, 0.6) is 0 Å². The molecule has 0 aromatic carbocycles. The molecule has 0 saturated carbocycles. The predicted octanol–water partition coefficient (Wildman–Crippen LogP) is 2.75. The van der Waals surface area contributed by atoms with E-state index in [1.165, 1.54) is 32.4 Å². The Kier molecular flexibility index (Phi) is 5.42. The molecule has 0 saturated heterocycles. The Labute approximate surface area is 53.4 Å². The van der Waals surface area contributed by atoms with Gasteiger partial charge in [0.15, 0.2) is 0 Å². The first kappa shape index (κ1) is 8.17. The topological polar surface area (TPSA) is 0 Å². The minimum absolute atomic E-state index is 1.22. The van der Waals surface area contributed by atoms with Gasteiger partial charge in [0.25, 0.3) is 0 Å². The summed E-state index contributed by atoms with van der Waals surface area (Å²) in [5, 5.41) is 1.51. The molecule has 0 radical (unpaired) electrons. The van der Waals surface area contributed by atoms with Crippen molar-refractivity contribution in [1.82, 2.24) is 0 Å². The van der Waals surface area contributed by atoms with Gasteiger partial charge in [0.05, 0.1) is 0 Å². The van der Waals surface area contributed by atoms with Crippen molar-refractivity contribution in [1.29, 1.82) is 0 Å². The summed E-state index contributed by atoms with van der Waals surface area (Å²) in [5.41, 5.74) is 0. The summed E-state index contributed by atoms with van der Waals surface area (Å²) in [6, 6.07) is 0. The molecule has 0 aromatic heterocycles. The number of hydrogen-bond donors (Lipinski definition) is 0. The molecule has 0 nitrogen and oxygen atoms in total. The molecule has 0 spiro atoms. The molecule has 0 aliphatic carbocycles. The summed E-state index contributed by atoms with van der Waals surface area (Å²) in [6.45, 7) is 4.39. The summed E-state index contributed by atoms with van der Waals surface area (Å²) in [7, 11) is 1.22. The van der Waals surface area contributed by atoms with Crippen LogP contribution in [0.3, 0.4) is 0 Å². The molecule has 8 heavy (non-hydrogen) atoms. The fourth-order valence-electron chi connectivity index (χ4n) is 0.512. The summed E-state index contributed by atoms with van der Waals surface area (Å²) in [6.07, 6.45) is 7.67. The van der Waals surface area contributed by atoms with Crippen LogP contribution in [-0.2, 0) is 0 Å². The second-order valence-corrected chi connectivity index (χ2v) is 3.08. The van der Waals surface area contributed by atoms with Crippen molar-refractivity contribution in [3.05, 3.63) is 0 Å². The van der Waals surface area contributed by atoms with Crippen LogP contribution in [0.2, 0.25) is 0 Å². The maximum absolute atomic E-state index is 3.77. The SMILES string of the molecule is C=[P+]=C(C)CCCC. The quantitative estimate of drug-likeness (QED) is 0.514. The Morgan fingerprint density at radius 1 is 1.62 bits per heavy atom. The Morgan fingerprint density at radius 3 is 2.62 bits per heavy atom. The molecular formula is C7H14P+. The minimum atomic E-state index is 1.22. The molecule has 46 valence electrons. The molecule has 0 unspecified atom stereocenters. The Hall–Kier alpha value is 0.170. The van der Waals surface area contributed by atoms with Gasteiger partial charge < -0.3 is 0 Å². The van der Waals surface area contributed by atoms with Crippen LogP contribution in [0.25, 0.3) is 0 Å². The average molecular weight is 129 g/mol. The molecule has 0 bridgehead atoms. The van der Waals surface area contributed by atoms with Gasteiger partial charge in [-0.3, -0.25) is 0 Å². The standard InChI is InChI=1S/C7H14P/c1-4-5-6-7(2)8-3/h3-6H2,1-2H3/q+1. The van der Waals surface area contributed by atoms with Crippen LogP contribution in [-0.4, -0.2) is 11.6 Å². The van der Waals surface area contributed by atoms with E-state index in [0.717, 1.165) is 0 Å². The predicted molar refractivity (Wildman–Crippen MR) is 44.2 cm³/mol.